The number of hydrogen-bond donors (Lipinski definition) is 0. The Balaban J connectivity index is 1.92. The van der Waals surface area contributed by atoms with Crippen LogP contribution in [0.15, 0.2) is 65.6 Å². The van der Waals surface area contributed by atoms with Gasteiger partial charge in [0.25, 0.3) is 10.0 Å². The predicted molar refractivity (Wildman–Crippen MR) is 98.8 cm³/mol. The maximum absolute atomic E-state index is 13.1. The van der Waals surface area contributed by atoms with Crippen LogP contribution in [-0.4, -0.2) is 42.6 Å². The summed E-state index contributed by atoms with van der Waals surface area (Å²) < 4.78 is 27.3. The van der Waals surface area contributed by atoms with Gasteiger partial charge in [-0.2, -0.15) is 17.6 Å². The summed E-state index contributed by atoms with van der Waals surface area (Å²) in [6, 6.07) is 15.9. The lowest BCUT2D eigenvalue weighted by molar-refractivity contribution is 0.370. The van der Waals surface area contributed by atoms with Crippen LogP contribution in [-0.2, 0) is 10.0 Å². The van der Waals surface area contributed by atoms with Gasteiger partial charge < -0.3 is 4.90 Å². The minimum absolute atomic E-state index is 0.243. The second-order valence-corrected chi connectivity index (χ2v) is 8.04. The largest absolute Gasteiger partial charge is 0.302 e. The minimum atomic E-state index is -3.73. The summed E-state index contributed by atoms with van der Waals surface area (Å²) in [6.45, 7) is 1.79. The quantitative estimate of drug-likeness (QED) is 0.726. The van der Waals surface area contributed by atoms with Crippen LogP contribution in [0.5, 0.6) is 0 Å². The van der Waals surface area contributed by atoms with Crippen molar-refractivity contribution in [1.82, 2.24) is 14.1 Å². The van der Waals surface area contributed by atoms with Crippen LogP contribution in [0.1, 0.15) is 12.1 Å². The molecule has 0 saturated carbocycles. The molecular weight excluding hydrogens is 334 g/mol. The highest BCUT2D eigenvalue weighted by atomic mass is 32.2. The van der Waals surface area contributed by atoms with Crippen molar-refractivity contribution in [3.8, 4) is 0 Å². The fourth-order valence-corrected chi connectivity index (χ4v) is 4.45. The predicted octanol–water partition coefficient (Wildman–Crippen LogP) is 2.99. The first kappa shape index (κ1) is 16.1. The zero-order valence-corrected chi connectivity index (χ0v) is 14.8. The molecular formula is C19H19N3O2S. The molecule has 0 unspecified atom stereocenters. The van der Waals surface area contributed by atoms with Gasteiger partial charge in [-0.1, -0.05) is 42.5 Å². The van der Waals surface area contributed by atoms with Gasteiger partial charge in [0.1, 0.15) is 0 Å². The lowest BCUT2D eigenvalue weighted by atomic mass is 10.0. The normalized spacial score (nSPS) is 16.1. The second-order valence-electron chi connectivity index (χ2n) is 6.27. The fraction of sp³-hybridized carbons (Fsp3) is 0.211. The van der Waals surface area contributed by atoms with Crippen molar-refractivity contribution in [3.63, 3.8) is 0 Å². The molecule has 0 N–H and O–H groups in total. The Hall–Kier alpha value is -2.44. The van der Waals surface area contributed by atoms with E-state index in [1.165, 1.54) is 4.09 Å². The number of fused-ring (bicyclic) bond motifs is 1. The molecule has 0 saturated heterocycles. The van der Waals surface area contributed by atoms with E-state index in [2.05, 4.69) is 23.1 Å². The molecule has 128 valence electrons. The smallest absolute Gasteiger partial charge is 0.283 e. The molecule has 1 aromatic heterocycles. The molecule has 1 aliphatic heterocycles. The molecule has 0 radical (unpaired) electrons. The Morgan fingerprint density at radius 2 is 1.72 bits per heavy atom. The van der Waals surface area contributed by atoms with Crippen molar-refractivity contribution in [1.29, 1.82) is 0 Å². The average molecular weight is 353 g/mol. The van der Waals surface area contributed by atoms with E-state index in [0.29, 0.717) is 5.52 Å². The fourth-order valence-electron chi connectivity index (χ4n) is 3.14. The summed E-state index contributed by atoms with van der Waals surface area (Å²) in [4.78, 5) is 2.47. The number of hydrogen-bond acceptors (Lipinski definition) is 4. The van der Waals surface area contributed by atoms with Gasteiger partial charge in [-0.15, -0.1) is 0 Å². The first-order chi connectivity index (χ1) is 12.1. The van der Waals surface area contributed by atoms with E-state index < -0.39 is 10.0 Å². The van der Waals surface area contributed by atoms with Crippen LogP contribution < -0.4 is 0 Å². The van der Waals surface area contributed by atoms with E-state index in [9.17, 15) is 8.42 Å². The summed E-state index contributed by atoms with van der Waals surface area (Å²) in [7, 11) is -1.65. The van der Waals surface area contributed by atoms with E-state index in [0.717, 1.165) is 36.2 Å². The van der Waals surface area contributed by atoms with E-state index in [1.54, 1.807) is 30.3 Å². The first-order valence-corrected chi connectivity index (χ1v) is 9.68. The summed E-state index contributed by atoms with van der Waals surface area (Å²) in [5.74, 6) is 0. The Kier molecular flexibility index (Phi) is 3.94. The molecule has 0 atom stereocenters. The lowest BCUT2D eigenvalue weighted by Gasteiger charge is -2.21. The Morgan fingerprint density at radius 3 is 2.44 bits per heavy atom. The van der Waals surface area contributed by atoms with Gasteiger partial charge in [-0.05, 0) is 37.2 Å². The van der Waals surface area contributed by atoms with Crippen LogP contribution >= 0.6 is 0 Å². The number of para-hydroxylation sites is 1. The SMILES string of the molecule is CN1CC=C(c2nn(S(=O)(=O)c3ccccc3)c3ccccc23)CC1. The highest BCUT2D eigenvalue weighted by molar-refractivity contribution is 7.90. The number of likely N-dealkylation sites (N-methyl/N-ethyl adjacent to an activating group) is 1. The van der Waals surface area contributed by atoms with Crippen molar-refractivity contribution in [3.05, 3.63) is 66.4 Å². The van der Waals surface area contributed by atoms with Gasteiger partial charge in [0.15, 0.2) is 0 Å². The summed E-state index contributed by atoms with van der Waals surface area (Å²) in [6.07, 6.45) is 3.00. The van der Waals surface area contributed by atoms with E-state index in [-0.39, 0.29) is 4.90 Å². The van der Waals surface area contributed by atoms with Crippen LogP contribution in [0.3, 0.4) is 0 Å². The summed E-state index contributed by atoms with van der Waals surface area (Å²) >= 11 is 0. The van der Waals surface area contributed by atoms with Crippen LogP contribution in [0.4, 0.5) is 0 Å². The Bertz CT molecular complexity index is 1050. The third-order valence-corrected chi connectivity index (χ3v) is 6.14. The van der Waals surface area contributed by atoms with Crippen LogP contribution in [0.25, 0.3) is 16.5 Å². The molecule has 2 aromatic carbocycles. The zero-order valence-electron chi connectivity index (χ0n) is 14.0. The van der Waals surface area contributed by atoms with Gasteiger partial charge in [0, 0.05) is 18.5 Å². The van der Waals surface area contributed by atoms with Gasteiger partial charge in [-0.25, -0.2) is 0 Å². The molecule has 25 heavy (non-hydrogen) atoms. The highest BCUT2D eigenvalue weighted by Gasteiger charge is 2.24. The summed E-state index contributed by atoms with van der Waals surface area (Å²) in [5.41, 5.74) is 2.49. The van der Waals surface area contributed by atoms with E-state index in [1.807, 2.05) is 24.3 Å². The molecule has 0 fully saturated rings. The second kappa shape index (κ2) is 6.13. The van der Waals surface area contributed by atoms with Crippen LogP contribution in [0, 0.1) is 0 Å². The van der Waals surface area contributed by atoms with E-state index >= 15 is 0 Å². The Labute approximate surface area is 147 Å². The van der Waals surface area contributed by atoms with Crippen molar-refractivity contribution < 1.29 is 8.42 Å². The Morgan fingerprint density at radius 1 is 1.00 bits per heavy atom. The molecule has 1 aliphatic rings. The highest BCUT2D eigenvalue weighted by Crippen LogP contribution is 2.30. The molecule has 5 nitrogen and oxygen atoms in total. The van der Waals surface area contributed by atoms with Gasteiger partial charge in [-0.3, -0.25) is 0 Å². The van der Waals surface area contributed by atoms with Crippen molar-refractivity contribution in [2.45, 2.75) is 11.3 Å². The third-order valence-electron chi connectivity index (χ3n) is 4.54. The van der Waals surface area contributed by atoms with Crippen molar-refractivity contribution in [2.75, 3.05) is 20.1 Å². The molecule has 6 heteroatoms. The lowest BCUT2D eigenvalue weighted by Crippen LogP contribution is -2.24. The maximum atomic E-state index is 13.1. The molecule has 0 spiro atoms. The first-order valence-electron chi connectivity index (χ1n) is 8.24. The molecule has 2 heterocycles. The standard InChI is InChI=1S/C19H19N3O2S/c1-21-13-11-15(12-14-21)19-17-9-5-6-10-18(17)22(20-19)25(23,24)16-7-3-2-4-8-16/h2-11H,12-14H2,1H3. The van der Waals surface area contributed by atoms with Gasteiger partial charge in [0.05, 0.1) is 16.1 Å². The van der Waals surface area contributed by atoms with Crippen molar-refractivity contribution >= 4 is 26.5 Å². The minimum Gasteiger partial charge on any atom is -0.302 e. The number of nitrogens with zero attached hydrogens (tertiary/aromatic N) is 3. The number of rotatable bonds is 3. The average Bonchev–Trinajstić information content (AvgIpc) is 3.04. The molecule has 0 aliphatic carbocycles. The summed E-state index contributed by atoms with van der Waals surface area (Å²) in [5, 5.41) is 5.40. The van der Waals surface area contributed by atoms with E-state index in [4.69, 9.17) is 0 Å². The maximum Gasteiger partial charge on any atom is 0.283 e. The zero-order chi connectivity index (χ0) is 17.4. The molecule has 0 amide bonds. The van der Waals surface area contributed by atoms with Crippen LogP contribution in [0.2, 0.25) is 0 Å². The monoisotopic (exact) mass is 353 g/mol. The number of benzene rings is 2. The number of aromatic nitrogens is 2. The molecule has 0 bridgehead atoms. The molecule has 4 rings (SSSR count). The molecule has 3 aromatic rings. The van der Waals surface area contributed by atoms with Gasteiger partial charge >= 0.3 is 0 Å². The van der Waals surface area contributed by atoms with Gasteiger partial charge in [0.2, 0.25) is 0 Å². The van der Waals surface area contributed by atoms with Crippen molar-refractivity contribution in [2.24, 2.45) is 0 Å². The third kappa shape index (κ3) is 2.77. The topological polar surface area (TPSA) is 55.2 Å².